The summed E-state index contributed by atoms with van der Waals surface area (Å²) in [5, 5.41) is 0. The van der Waals surface area contributed by atoms with Gasteiger partial charge in [0, 0.05) is 37.6 Å². The molecule has 20 heavy (non-hydrogen) atoms. The van der Waals surface area contributed by atoms with Crippen molar-refractivity contribution in [1.82, 2.24) is 9.97 Å². The Bertz CT molecular complexity index is 586. The van der Waals surface area contributed by atoms with Crippen molar-refractivity contribution < 1.29 is 4.74 Å². The number of nitrogens with two attached hydrogens (primary N) is 1. The zero-order valence-electron chi connectivity index (χ0n) is 11.9. The normalized spacial score (nSPS) is 10.2. The molecule has 1 aromatic heterocycles. The van der Waals surface area contributed by atoms with Crippen molar-refractivity contribution in [3.63, 3.8) is 0 Å². The van der Waals surface area contributed by atoms with Gasteiger partial charge in [0.05, 0.1) is 0 Å². The lowest BCUT2D eigenvalue weighted by Gasteiger charge is -2.14. The third-order valence-corrected chi connectivity index (χ3v) is 2.75. The lowest BCUT2D eigenvalue weighted by atomic mass is 10.3. The fourth-order valence-electron chi connectivity index (χ4n) is 1.77. The van der Waals surface area contributed by atoms with E-state index in [9.17, 15) is 0 Å². The Hall–Kier alpha value is -2.34. The first-order valence-corrected chi connectivity index (χ1v) is 6.30. The number of aryl methyl sites for hydroxylation is 1. The average molecular weight is 273 g/mol. The number of hydrogen-bond donors (Lipinski definition) is 2. The molecule has 0 fully saturated rings. The van der Waals surface area contributed by atoms with Gasteiger partial charge in [0.25, 0.3) is 0 Å². The van der Waals surface area contributed by atoms with Gasteiger partial charge >= 0.3 is 0 Å². The Morgan fingerprint density at radius 1 is 1.25 bits per heavy atom. The Kier molecular flexibility index (Phi) is 4.37. The van der Waals surface area contributed by atoms with Gasteiger partial charge < -0.3 is 15.1 Å². The number of rotatable bonds is 5. The van der Waals surface area contributed by atoms with Gasteiger partial charge in [0.2, 0.25) is 0 Å². The molecule has 1 aromatic carbocycles. The van der Waals surface area contributed by atoms with Crippen LogP contribution in [0.15, 0.2) is 30.3 Å². The predicted molar refractivity (Wildman–Crippen MR) is 79.7 cm³/mol. The van der Waals surface area contributed by atoms with Crippen LogP contribution in [0.25, 0.3) is 0 Å². The van der Waals surface area contributed by atoms with Crippen LogP contribution in [0.3, 0.4) is 0 Å². The summed E-state index contributed by atoms with van der Waals surface area (Å²) in [5.41, 5.74) is 4.44. The highest BCUT2D eigenvalue weighted by molar-refractivity contribution is 5.49. The van der Waals surface area contributed by atoms with Crippen LogP contribution in [0, 0.1) is 6.92 Å². The monoisotopic (exact) mass is 273 g/mol. The second-order valence-corrected chi connectivity index (χ2v) is 4.64. The quantitative estimate of drug-likeness (QED) is 0.638. The van der Waals surface area contributed by atoms with E-state index in [0.29, 0.717) is 18.2 Å². The van der Waals surface area contributed by atoms with Crippen molar-refractivity contribution in [3.05, 3.63) is 41.9 Å². The van der Waals surface area contributed by atoms with Crippen LogP contribution in [0.4, 0.5) is 11.5 Å². The minimum absolute atomic E-state index is 0.299. The Labute approximate surface area is 118 Å². The molecule has 3 N–H and O–H groups in total. The summed E-state index contributed by atoms with van der Waals surface area (Å²) >= 11 is 0. The van der Waals surface area contributed by atoms with Crippen molar-refractivity contribution in [1.29, 1.82) is 0 Å². The lowest BCUT2D eigenvalue weighted by molar-refractivity contribution is 0.296. The molecule has 0 radical (unpaired) electrons. The molecule has 0 atom stereocenters. The molecule has 0 aliphatic rings. The minimum atomic E-state index is 0.299. The Morgan fingerprint density at radius 3 is 2.75 bits per heavy atom. The van der Waals surface area contributed by atoms with Crippen LogP contribution in [-0.4, -0.2) is 24.1 Å². The molecule has 0 saturated carbocycles. The molecule has 0 amide bonds. The maximum absolute atomic E-state index is 5.72. The second-order valence-electron chi connectivity index (χ2n) is 4.64. The minimum Gasteiger partial charge on any atom is -0.486 e. The molecule has 0 spiro atoms. The van der Waals surface area contributed by atoms with E-state index < -0.39 is 0 Å². The summed E-state index contributed by atoms with van der Waals surface area (Å²) in [4.78, 5) is 10.6. The van der Waals surface area contributed by atoms with Gasteiger partial charge in [-0.05, 0) is 19.1 Å². The van der Waals surface area contributed by atoms with Crippen LogP contribution in [0.5, 0.6) is 5.75 Å². The number of anilines is 2. The first kappa shape index (κ1) is 14.1. The van der Waals surface area contributed by atoms with E-state index in [2.05, 4.69) is 15.4 Å². The molecular formula is C14H19N5O. The maximum atomic E-state index is 5.72. The third kappa shape index (κ3) is 3.58. The smallest absolute Gasteiger partial charge is 0.168 e. The van der Waals surface area contributed by atoms with Gasteiger partial charge in [0.15, 0.2) is 5.82 Å². The van der Waals surface area contributed by atoms with Gasteiger partial charge in [-0.15, -0.1) is 0 Å². The van der Waals surface area contributed by atoms with Crippen LogP contribution in [0.1, 0.15) is 11.5 Å². The molecule has 1 heterocycles. The van der Waals surface area contributed by atoms with Crippen LogP contribution < -0.4 is 20.9 Å². The zero-order valence-corrected chi connectivity index (χ0v) is 11.9. The highest BCUT2D eigenvalue weighted by atomic mass is 16.5. The largest absolute Gasteiger partial charge is 0.486 e. The molecule has 6 heteroatoms. The number of hydrogen-bond acceptors (Lipinski definition) is 6. The number of ether oxygens (including phenoxy) is 1. The summed E-state index contributed by atoms with van der Waals surface area (Å²) in [5.74, 6) is 7.32. The van der Waals surface area contributed by atoms with Gasteiger partial charge in [-0.25, -0.2) is 15.8 Å². The van der Waals surface area contributed by atoms with Gasteiger partial charge in [-0.2, -0.15) is 0 Å². The fraction of sp³-hybridized carbons (Fsp3) is 0.286. The molecule has 6 nitrogen and oxygen atoms in total. The molecule has 0 aliphatic heterocycles. The first-order valence-electron chi connectivity index (χ1n) is 6.30. The van der Waals surface area contributed by atoms with Gasteiger partial charge in [0.1, 0.15) is 18.2 Å². The van der Waals surface area contributed by atoms with Crippen molar-refractivity contribution in [2.24, 2.45) is 5.84 Å². The summed E-state index contributed by atoms with van der Waals surface area (Å²) < 4.78 is 5.72. The fourth-order valence-corrected chi connectivity index (χ4v) is 1.77. The van der Waals surface area contributed by atoms with E-state index >= 15 is 0 Å². The Balaban J connectivity index is 2.08. The number of nitrogens with zero attached hydrogens (tertiary/aromatic N) is 3. The third-order valence-electron chi connectivity index (χ3n) is 2.75. The van der Waals surface area contributed by atoms with E-state index in [0.717, 1.165) is 17.1 Å². The first-order chi connectivity index (χ1) is 9.58. The van der Waals surface area contributed by atoms with Crippen molar-refractivity contribution in [2.75, 3.05) is 24.4 Å². The number of benzene rings is 1. The molecule has 0 aliphatic carbocycles. The number of nitrogens with one attached hydrogen (secondary N) is 1. The summed E-state index contributed by atoms with van der Waals surface area (Å²) in [7, 11) is 3.98. The molecule has 106 valence electrons. The van der Waals surface area contributed by atoms with Crippen molar-refractivity contribution >= 4 is 11.5 Å². The Morgan fingerprint density at radius 2 is 2.05 bits per heavy atom. The van der Waals surface area contributed by atoms with E-state index in [1.807, 2.05) is 50.2 Å². The summed E-state index contributed by atoms with van der Waals surface area (Å²) in [6, 6.07) is 9.63. The highest BCUT2D eigenvalue weighted by Gasteiger charge is 2.04. The zero-order chi connectivity index (χ0) is 14.5. The molecule has 2 aromatic rings. The molecule has 0 bridgehead atoms. The number of nitrogen functional groups attached to an aromatic ring is 1. The van der Waals surface area contributed by atoms with Crippen LogP contribution in [-0.2, 0) is 6.61 Å². The van der Waals surface area contributed by atoms with Crippen LogP contribution in [0.2, 0.25) is 0 Å². The van der Waals surface area contributed by atoms with E-state index in [4.69, 9.17) is 10.6 Å². The second kappa shape index (κ2) is 6.21. The van der Waals surface area contributed by atoms with Crippen molar-refractivity contribution in [2.45, 2.75) is 13.5 Å². The average Bonchev–Trinajstić information content (AvgIpc) is 2.44. The topological polar surface area (TPSA) is 76.3 Å². The molecular weight excluding hydrogens is 254 g/mol. The standard InChI is InChI=1S/C14H19N5O/c1-10-7-13(18-15)17-14(16-10)9-20-12-6-4-5-11(8-12)19(2)3/h4-8H,9,15H2,1-3H3,(H,16,17,18). The summed E-state index contributed by atoms with van der Waals surface area (Å²) in [6.45, 7) is 2.19. The van der Waals surface area contributed by atoms with Gasteiger partial charge in [-0.3, -0.25) is 0 Å². The van der Waals surface area contributed by atoms with Crippen molar-refractivity contribution in [3.8, 4) is 5.75 Å². The molecule has 2 rings (SSSR count). The molecule has 0 saturated heterocycles. The number of aromatic nitrogens is 2. The SMILES string of the molecule is Cc1cc(NN)nc(COc2cccc(N(C)C)c2)n1. The van der Waals surface area contributed by atoms with E-state index in [-0.39, 0.29) is 0 Å². The predicted octanol–water partition coefficient (Wildman–Crippen LogP) is 1.72. The number of hydrazine groups is 1. The lowest BCUT2D eigenvalue weighted by Crippen LogP contribution is -2.12. The highest BCUT2D eigenvalue weighted by Crippen LogP contribution is 2.20. The summed E-state index contributed by atoms with van der Waals surface area (Å²) in [6.07, 6.45) is 0. The van der Waals surface area contributed by atoms with Gasteiger partial charge in [-0.1, -0.05) is 6.07 Å². The van der Waals surface area contributed by atoms with Crippen LogP contribution >= 0.6 is 0 Å². The maximum Gasteiger partial charge on any atom is 0.168 e. The van der Waals surface area contributed by atoms with E-state index in [1.54, 1.807) is 6.07 Å². The van der Waals surface area contributed by atoms with E-state index in [1.165, 1.54) is 0 Å². The molecule has 0 unspecified atom stereocenters.